The van der Waals surface area contributed by atoms with Gasteiger partial charge in [0.05, 0.1) is 17.3 Å². The minimum atomic E-state index is -0.443. The summed E-state index contributed by atoms with van der Waals surface area (Å²) in [6, 6.07) is 0. The largest absolute Gasteiger partial charge is 0.390 e. The molecule has 2 atom stereocenters. The lowest BCUT2D eigenvalue weighted by Gasteiger charge is -2.44. The summed E-state index contributed by atoms with van der Waals surface area (Å²) in [7, 11) is 0. The highest BCUT2D eigenvalue weighted by Crippen LogP contribution is 2.35. The molecule has 1 aliphatic rings. The minimum absolute atomic E-state index is 0.261. The van der Waals surface area contributed by atoms with Crippen molar-refractivity contribution >= 4 is 0 Å². The molecule has 2 heteroatoms. The summed E-state index contributed by atoms with van der Waals surface area (Å²) in [6.45, 7) is 9.58. The SMILES string of the molecule is C=CC1(C)CC[C@@H](O)C(C)(C)O1. The standard InChI is InChI=1S/C10H18O2/c1-5-10(4)7-6-8(11)9(2,3)12-10/h5,8,11H,1,6-7H2,2-4H3/t8-,10?/m1/s1. The highest BCUT2D eigenvalue weighted by atomic mass is 16.5. The molecule has 0 aromatic heterocycles. The van der Waals surface area contributed by atoms with Crippen molar-refractivity contribution in [3.05, 3.63) is 12.7 Å². The lowest BCUT2D eigenvalue weighted by Crippen LogP contribution is -2.51. The molecule has 1 heterocycles. The van der Waals surface area contributed by atoms with Crippen molar-refractivity contribution in [1.82, 2.24) is 0 Å². The van der Waals surface area contributed by atoms with E-state index in [1.807, 2.05) is 26.8 Å². The van der Waals surface area contributed by atoms with Crippen LogP contribution in [0.2, 0.25) is 0 Å². The lowest BCUT2D eigenvalue weighted by atomic mass is 9.86. The van der Waals surface area contributed by atoms with Gasteiger partial charge in [-0.1, -0.05) is 6.08 Å². The van der Waals surface area contributed by atoms with E-state index in [1.165, 1.54) is 0 Å². The minimum Gasteiger partial charge on any atom is -0.390 e. The van der Waals surface area contributed by atoms with Gasteiger partial charge in [0.1, 0.15) is 0 Å². The highest BCUT2D eigenvalue weighted by molar-refractivity contribution is 5.01. The number of aliphatic hydroxyl groups is 1. The lowest BCUT2D eigenvalue weighted by molar-refractivity contribution is -0.195. The molecule has 70 valence electrons. The molecule has 12 heavy (non-hydrogen) atoms. The van der Waals surface area contributed by atoms with E-state index in [0.717, 1.165) is 12.8 Å². The van der Waals surface area contributed by atoms with Crippen LogP contribution < -0.4 is 0 Å². The van der Waals surface area contributed by atoms with Crippen molar-refractivity contribution in [2.45, 2.75) is 50.9 Å². The summed E-state index contributed by atoms with van der Waals surface area (Å²) in [4.78, 5) is 0. The monoisotopic (exact) mass is 170 g/mol. The van der Waals surface area contributed by atoms with E-state index in [-0.39, 0.29) is 11.7 Å². The van der Waals surface area contributed by atoms with Gasteiger partial charge in [-0.3, -0.25) is 0 Å². The van der Waals surface area contributed by atoms with Gasteiger partial charge in [-0.2, -0.15) is 0 Å². The van der Waals surface area contributed by atoms with Crippen LogP contribution in [0.1, 0.15) is 33.6 Å². The van der Waals surface area contributed by atoms with Gasteiger partial charge >= 0.3 is 0 Å². The van der Waals surface area contributed by atoms with Crippen LogP contribution in [0.3, 0.4) is 0 Å². The molecular weight excluding hydrogens is 152 g/mol. The van der Waals surface area contributed by atoms with Gasteiger partial charge in [0.2, 0.25) is 0 Å². The topological polar surface area (TPSA) is 29.5 Å². The van der Waals surface area contributed by atoms with Crippen molar-refractivity contribution in [3.8, 4) is 0 Å². The average Bonchev–Trinajstić information content (AvgIpc) is 1.97. The van der Waals surface area contributed by atoms with E-state index in [1.54, 1.807) is 0 Å². The number of rotatable bonds is 1. The third-order valence-corrected chi connectivity index (χ3v) is 2.64. The van der Waals surface area contributed by atoms with E-state index in [9.17, 15) is 5.11 Å². The Labute approximate surface area is 74.2 Å². The van der Waals surface area contributed by atoms with Crippen LogP contribution in [0, 0.1) is 0 Å². The fraction of sp³-hybridized carbons (Fsp3) is 0.800. The number of ether oxygens (including phenoxy) is 1. The summed E-state index contributed by atoms with van der Waals surface area (Å²) in [5.74, 6) is 0. The average molecular weight is 170 g/mol. The molecule has 0 aromatic carbocycles. The second-order valence-electron chi connectivity index (χ2n) is 4.28. The summed E-state index contributed by atoms with van der Waals surface area (Å²) < 4.78 is 5.75. The predicted molar refractivity (Wildman–Crippen MR) is 49.0 cm³/mol. The van der Waals surface area contributed by atoms with Crippen LogP contribution >= 0.6 is 0 Å². The second kappa shape index (κ2) is 2.86. The third-order valence-electron chi connectivity index (χ3n) is 2.64. The van der Waals surface area contributed by atoms with Crippen molar-refractivity contribution < 1.29 is 9.84 Å². The molecule has 2 nitrogen and oxygen atoms in total. The van der Waals surface area contributed by atoms with Crippen LogP contribution in [-0.2, 0) is 4.74 Å². The normalized spacial score (nSPS) is 40.8. The van der Waals surface area contributed by atoms with Crippen LogP contribution in [0.25, 0.3) is 0 Å². The fourth-order valence-electron chi connectivity index (χ4n) is 1.63. The van der Waals surface area contributed by atoms with Crippen LogP contribution in [0.4, 0.5) is 0 Å². The number of aliphatic hydroxyl groups excluding tert-OH is 1. The summed E-state index contributed by atoms with van der Waals surface area (Å²) in [5, 5.41) is 9.61. The van der Waals surface area contributed by atoms with Crippen molar-refractivity contribution in [1.29, 1.82) is 0 Å². The molecule has 1 fully saturated rings. The van der Waals surface area contributed by atoms with Crippen molar-refractivity contribution in [3.63, 3.8) is 0 Å². The zero-order valence-corrected chi connectivity index (χ0v) is 8.13. The van der Waals surface area contributed by atoms with Crippen LogP contribution in [0.5, 0.6) is 0 Å². The maximum absolute atomic E-state index is 9.61. The maximum Gasteiger partial charge on any atom is 0.0895 e. The molecule has 1 saturated heterocycles. The Hall–Kier alpha value is -0.340. The molecule has 0 bridgehead atoms. The van der Waals surface area contributed by atoms with Gasteiger partial charge in [-0.25, -0.2) is 0 Å². The molecule has 0 amide bonds. The van der Waals surface area contributed by atoms with E-state index in [0.29, 0.717) is 0 Å². The molecule has 1 unspecified atom stereocenters. The molecule has 1 rings (SSSR count). The number of hydrogen-bond acceptors (Lipinski definition) is 2. The number of hydrogen-bond donors (Lipinski definition) is 1. The zero-order chi connectivity index (χ0) is 9.41. The Morgan fingerprint density at radius 3 is 2.50 bits per heavy atom. The van der Waals surface area contributed by atoms with Gasteiger partial charge in [0.15, 0.2) is 0 Å². The maximum atomic E-state index is 9.61. The van der Waals surface area contributed by atoms with E-state index < -0.39 is 5.60 Å². The van der Waals surface area contributed by atoms with E-state index >= 15 is 0 Å². The first-order chi connectivity index (χ1) is 5.40. The molecule has 0 aromatic rings. The zero-order valence-electron chi connectivity index (χ0n) is 8.13. The van der Waals surface area contributed by atoms with Gasteiger partial charge in [-0.05, 0) is 33.6 Å². The second-order valence-corrected chi connectivity index (χ2v) is 4.28. The first-order valence-corrected chi connectivity index (χ1v) is 4.41. The predicted octanol–water partition coefficient (Wildman–Crippen LogP) is 1.88. The molecule has 0 aliphatic carbocycles. The highest BCUT2D eigenvalue weighted by Gasteiger charge is 2.41. The fourth-order valence-corrected chi connectivity index (χ4v) is 1.63. The van der Waals surface area contributed by atoms with Crippen molar-refractivity contribution in [2.75, 3.05) is 0 Å². The van der Waals surface area contributed by atoms with Gasteiger partial charge in [0, 0.05) is 0 Å². The van der Waals surface area contributed by atoms with Gasteiger partial charge in [-0.15, -0.1) is 6.58 Å². The Morgan fingerprint density at radius 1 is 1.50 bits per heavy atom. The first-order valence-electron chi connectivity index (χ1n) is 4.41. The van der Waals surface area contributed by atoms with E-state index in [4.69, 9.17) is 4.74 Å². The Balaban J connectivity index is 2.75. The first kappa shape index (κ1) is 9.75. The molecule has 1 N–H and O–H groups in total. The van der Waals surface area contributed by atoms with Crippen LogP contribution in [0.15, 0.2) is 12.7 Å². The van der Waals surface area contributed by atoms with Gasteiger partial charge in [0.25, 0.3) is 0 Å². The smallest absolute Gasteiger partial charge is 0.0895 e. The molecule has 0 radical (unpaired) electrons. The van der Waals surface area contributed by atoms with E-state index in [2.05, 4.69) is 6.58 Å². The quantitative estimate of drug-likeness (QED) is 0.609. The Bertz CT molecular complexity index is 186. The molecular formula is C10H18O2. The van der Waals surface area contributed by atoms with Crippen molar-refractivity contribution in [2.24, 2.45) is 0 Å². The Kier molecular flexibility index (Phi) is 2.32. The molecule has 0 saturated carbocycles. The summed E-state index contributed by atoms with van der Waals surface area (Å²) in [5.41, 5.74) is -0.704. The van der Waals surface area contributed by atoms with Crippen LogP contribution in [-0.4, -0.2) is 22.4 Å². The summed E-state index contributed by atoms with van der Waals surface area (Å²) in [6.07, 6.45) is 3.10. The Morgan fingerprint density at radius 2 is 2.08 bits per heavy atom. The van der Waals surface area contributed by atoms with Gasteiger partial charge < -0.3 is 9.84 Å². The molecule has 1 aliphatic heterocycles. The summed E-state index contributed by atoms with van der Waals surface area (Å²) >= 11 is 0. The third kappa shape index (κ3) is 1.70. The molecule has 0 spiro atoms.